The molecule has 1 aromatic carbocycles. The zero-order valence-electron chi connectivity index (χ0n) is 10.7. The molecule has 1 atom stereocenters. The Balaban J connectivity index is 3.08. The molecule has 0 amide bonds. The number of hydrogen-bond acceptors (Lipinski definition) is 4. The fourth-order valence-corrected chi connectivity index (χ4v) is 1.91. The lowest BCUT2D eigenvalue weighted by Crippen LogP contribution is -2.31. The highest BCUT2D eigenvalue weighted by molar-refractivity contribution is 6.33. The van der Waals surface area contributed by atoms with Gasteiger partial charge in [-0.25, -0.2) is 0 Å². The minimum Gasteiger partial charge on any atom is -0.493 e. The summed E-state index contributed by atoms with van der Waals surface area (Å²) in [7, 11) is 2.75. The van der Waals surface area contributed by atoms with Crippen molar-refractivity contribution in [1.29, 1.82) is 5.26 Å². The van der Waals surface area contributed by atoms with Crippen LogP contribution in [0.15, 0.2) is 12.1 Å². The average Bonchev–Trinajstić information content (AvgIpc) is 2.39. The summed E-state index contributed by atoms with van der Waals surface area (Å²) in [5.41, 5.74) is 0.191. The lowest BCUT2D eigenvalue weighted by molar-refractivity contribution is -0.125. The maximum absolute atomic E-state index is 12.2. The number of rotatable bonds is 5. The summed E-state index contributed by atoms with van der Waals surface area (Å²) in [6.45, 7) is -1.30. The molecule has 1 aromatic rings. The van der Waals surface area contributed by atoms with Crippen molar-refractivity contribution < 1.29 is 22.6 Å². The minimum absolute atomic E-state index is 0.0353. The van der Waals surface area contributed by atoms with Gasteiger partial charge in [-0.15, -0.1) is 0 Å². The van der Waals surface area contributed by atoms with Crippen LogP contribution in [-0.2, 0) is 0 Å². The number of halogens is 4. The molecule has 4 nitrogen and oxygen atoms in total. The molecule has 0 radical (unpaired) electrons. The summed E-state index contributed by atoms with van der Waals surface area (Å²) in [5.74, 6) is 0.495. The number of benzene rings is 1. The molecule has 0 saturated heterocycles. The lowest BCUT2D eigenvalue weighted by Gasteiger charge is -2.17. The van der Waals surface area contributed by atoms with Crippen LogP contribution in [0.1, 0.15) is 11.6 Å². The predicted octanol–water partition coefficient (Wildman–Crippen LogP) is 3.07. The third-order valence-corrected chi connectivity index (χ3v) is 2.85. The molecule has 1 unspecified atom stereocenters. The molecule has 0 aromatic heterocycles. The van der Waals surface area contributed by atoms with E-state index in [1.165, 1.54) is 26.4 Å². The second-order valence-corrected chi connectivity index (χ2v) is 4.14. The Hall–Kier alpha value is -1.65. The molecule has 1 N–H and O–H groups in total. The average molecular weight is 309 g/mol. The summed E-state index contributed by atoms with van der Waals surface area (Å²) in [5, 5.41) is 11.1. The van der Waals surface area contributed by atoms with Crippen LogP contribution >= 0.6 is 11.6 Å². The number of nitrogens with one attached hydrogen (secondary N) is 1. The van der Waals surface area contributed by atoms with Gasteiger partial charge in [0.25, 0.3) is 0 Å². The molecule has 0 aliphatic carbocycles. The smallest absolute Gasteiger partial charge is 0.401 e. The number of nitrogens with zero attached hydrogens (tertiary/aromatic N) is 1. The van der Waals surface area contributed by atoms with E-state index in [0.29, 0.717) is 5.75 Å². The summed E-state index contributed by atoms with van der Waals surface area (Å²) in [4.78, 5) is 0. The molecular formula is C12H12ClF3N2O2. The Morgan fingerprint density at radius 3 is 2.45 bits per heavy atom. The van der Waals surface area contributed by atoms with Crippen molar-refractivity contribution in [3.8, 4) is 17.6 Å². The minimum atomic E-state index is -4.42. The van der Waals surface area contributed by atoms with Crippen molar-refractivity contribution in [2.75, 3.05) is 20.8 Å². The van der Waals surface area contributed by atoms with Gasteiger partial charge in [0.05, 0.1) is 31.9 Å². The van der Waals surface area contributed by atoms with Gasteiger partial charge >= 0.3 is 6.18 Å². The fourth-order valence-electron chi connectivity index (χ4n) is 1.57. The highest BCUT2D eigenvalue weighted by atomic mass is 35.5. The molecule has 1 rings (SSSR count). The summed E-state index contributed by atoms with van der Waals surface area (Å²) < 4.78 is 46.6. The van der Waals surface area contributed by atoms with Gasteiger partial charge in [0.15, 0.2) is 11.5 Å². The Bertz CT molecular complexity index is 515. The van der Waals surface area contributed by atoms with E-state index in [0.717, 1.165) is 0 Å². The second kappa shape index (κ2) is 6.68. The first-order valence-corrected chi connectivity index (χ1v) is 5.82. The van der Waals surface area contributed by atoms with E-state index in [1.54, 1.807) is 6.07 Å². The van der Waals surface area contributed by atoms with Crippen LogP contribution in [0.3, 0.4) is 0 Å². The van der Waals surface area contributed by atoms with E-state index in [-0.39, 0.29) is 16.3 Å². The molecular weight excluding hydrogens is 297 g/mol. The molecule has 0 heterocycles. The first-order valence-electron chi connectivity index (χ1n) is 5.44. The van der Waals surface area contributed by atoms with Crippen molar-refractivity contribution in [1.82, 2.24) is 5.32 Å². The third-order valence-electron chi connectivity index (χ3n) is 2.46. The van der Waals surface area contributed by atoms with E-state index in [2.05, 4.69) is 5.32 Å². The zero-order valence-corrected chi connectivity index (χ0v) is 11.5. The van der Waals surface area contributed by atoms with Crippen molar-refractivity contribution in [3.63, 3.8) is 0 Å². The van der Waals surface area contributed by atoms with Crippen LogP contribution in [0.4, 0.5) is 13.2 Å². The Morgan fingerprint density at radius 2 is 2.00 bits per heavy atom. The molecule has 0 aliphatic heterocycles. The van der Waals surface area contributed by atoms with Crippen LogP contribution in [-0.4, -0.2) is 26.9 Å². The summed E-state index contributed by atoms with van der Waals surface area (Å²) in [6.07, 6.45) is -4.42. The first-order chi connectivity index (χ1) is 9.34. The standard InChI is InChI=1S/C12H12ClF3N2O2/c1-19-9-4-3-7(10(13)11(9)20-2)8(5-17)18-6-12(14,15)16/h3-4,8,18H,6H2,1-2H3. The topological polar surface area (TPSA) is 54.3 Å². The second-order valence-electron chi connectivity index (χ2n) is 3.76. The van der Waals surface area contributed by atoms with Gasteiger partial charge in [-0.05, 0) is 6.07 Å². The monoisotopic (exact) mass is 308 g/mol. The van der Waals surface area contributed by atoms with Gasteiger partial charge in [0.2, 0.25) is 0 Å². The van der Waals surface area contributed by atoms with Gasteiger partial charge in [-0.1, -0.05) is 17.7 Å². The molecule has 0 aliphatic rings. The summed E-state index contributed by atoms with van der Waals surface area (Å²) >= 11 is 6.04. The van der Waals surface area contributed by atoms with E-state index in [9.17, 15) is 13.2 Å². The molecule has 0 spiro atoms. The van der Waals surface area contributed by atoms with Crippen LogP contribution in [0, 0.1) is 11.3 Å². The van der Waals surface area contributed by atoms with Gasteiger partial charge in [0.1, 0.15) is 6.04 Å². The molecule has 0 bridgehead atoms. The normalized spacial score (nSPS) is 12.7. The molecule has 0 fully saturated rings. The van der Waals surface area contributed by atoms with Crippen molar-refractivity contribution >= 4 is 11.6 Å². The maximum atomic E-state index is 12.2. The van der Waals surface area contributed by atoms with Crippen molar-refractivity contribution in [2.45, 2.75) is 12.2 Å². The van der Waals surface area contributed by atoms with Crippen LogP contribution in [0.5, 0.6) is 11.5 Å². The largest absolute Gasteiger partial charge is 0.493 e. The highest BCUT2D eigenvalue weighted by Crippen LogP contribution is 2.39. The van der Waals surface area contributed by atoms with E-state index < -0.39 is 18.8 Å². The van der Waals surface area contributed by atoms with Crippen molar-refractivity contribution in [2.24, 2.45) is 0 Å². The SMILES string of the molecule is COc1ccc(C(C#N)NCC(F)(F)F)c(Cl)c1OC. The number of hydrogen-bond donors (Lipinski definition) is 1. The van der Waals surface area contributed by atoms with Crippen molar-refractivity contribution in [3.05, 3.63) is 22.7 Å². The van der Waals surface area contributed by atoms with E-state index in [1.807, 2.05) is 0 Å². The number of methoxy groups -OCH3 is 2. The number of ether oxygens (including phenoxy) is 2. The highest BCUT2D eigenvalue weighted by Gasteiger charge is 2.29. The van der Waals surface area contributed by atoms with E-state index in [4.69, 9.17) is 26.3 Å². The van der Waals surface area contributed by atoms with E-state index >= 15 is 0 Å². The Morgan fingerprint density at radius 1 is 1.35 bits per heavy atom. The van der Waals surface area contributed by atoms with Gasteiger partial charge < -0.3 is 9.47 Å². The fraction of sp³-hybridized carbons (Fsp3) is 0.417. The lowest BCUT2D eigenvalue weighted by atomic mass is 10.1. The molecule has 110 valence electrons. The maximum Gasteiger partial charge on any atom is 0.401 e. The van der Waals surface area contributed by atoms with Crippen LogP contribution in [0.25, 0.3) is 0 Å². The molecule has 0 saturated carbocycles. The van der Waals surface area contributed by atoms with Gasteiger partial charge in [-0.3, -0.25) is 5.32 Å². The Kier molecular flexibility index (Phi) is 5.48. The van der Waals surface area contributed by atoms with Gasteiger partial charge in [0, 0.05) is 5.56 Å². The zero-order chi connectivity index (χ0) is 15.3. The van der Waals surface area contributed by atoms with Gasteiger partial charge in [-0.2, -0.15) is 18.4 Å². The predicted molar refractivity (Wildman–Crippen MR) is 67.0 cm³/mol. The number of nitriles is 1. The first kappa shape index (κ1) is 16.4. The van der Waals surface area contributed by atoms with Crippen LogP contribution in [0.2, 0.25) is 5.02 Å². The quantitative estimate of drug-likeness (QED) is 0.908. The number of alkyl halides is 3. The Labute approximate surface area is 119 Å². The van der Waals surface area contributed by atoms with Crippen LogP contribution < -0.4 is 14.8 Å². The molecule has 20 heavy (non-hydrogen) atoms. The summed E-state index contributed by atoms with van der Waals surface area (Å²) in [6, 6.07) is 3.41. The molecule has 8 heteroatoms. The third kappa shape index (κ3) is 3.92.